The van der Waals surface area contributed by atoms with Crippen LogP contribution in [0, 0.1) is 0 Å². The Morgan fingerprint density at radius 1 is 1.20 bits per heavy atom. The molecule has 20 heavy (non-hydrogen) atoms. The quantitative estimate of drug-likeness (QED) is 0.733. The Kier molecular flexibility index (Phi) is 4.94. The predicted octanol–water partition coefficient (Wildman–Crippen LogP) is 3.37. The molecule has 0 aliphatic rings. The van der Waals surface area contributed by atoms with Crippen LogP contribution in [0.4, 0.5) is 0 Å². The molecule has 0 saturated heterocycles. The number of unbranched alkanes of at least 4 members (excludes halogenated alkanes) is 1. The molecule has 110 valence electrons. The molecule has 5 heteroatoms. The molecule has 0 amide bonds. The number of hydrogen-bond donors (Lipinski definition) is 0. The van der Waals surface area contributed by atoms with Crippen LogP contribution in [0.1, 0.15) is 19.8 Å². The SMILES string of the molecule is CCCCN(Cn1nnc2ccccc21)C[Si](C)(C)C. The van der Waals surface area contributed by atoms with E-state index in [0.717, 1.165) is 24.2 Å². The lowest BCUT2D eigenvalue weighted by Gasteiger charge is -2.28. The van der Waals surface area contributed by atoms with Gasteiger partial charge in [0, 0.05) is 0 Å². The Balaban J connectivity index is 2.13. The summed E-state index contributed by atoms with van der Waals surface area (Å²) >= 11 is 0. The van der Waals surface area contributed by atoms with Crippen molar-refractivity contribution in [1.29, 1.82) is 0 Å². The minimum atomic E-state index is -1.11. The maximum Gasteiger partial charge on any atom is 0.113 e. The second-order valence-electron chi connectivity index (χ2n) is 6.69. The molecule has 1 heterocycles. The summed E-state index contributed by atoms with van der Waals surface area (Å²) < 4.78 is 2.03. The van der Waals surface area contributed by atoms with Crippen LogP contribution in [-0.2, 0) is 6.67 Å². The van der Waals surface area contributed by atoms with Gasteiger partial charge >= 0.3 is 0 Å². The van der Waals surface area contributed by atoms with Crippen LogP contribution in [0.25, 0.3) is 11.0 Å². The predicted molar refractivity (Wildman–Crippen MR) is 87.4 cm³/mol. The van der Waals surface area contributed by atoms with Gasteiger partial charge in [-0.15, -0.1) is 5.10 Å². The van der Waals surface area contributed by atoms with Gasteiger partial charge in [0.1, 0.15) is 5.52 Å². The van der Waals surface area contributed by atoms with E-state index in [0.29, 0.717) is 0 Å². The van der Waals surface area contributed by atoms with E-state index in [2.05, 4.69) is 53.9 Å². The Labute approximate surface area is 122 Å². The highest BCUT2D eigenvalue weighted by Gasteiger charge is 2.19. The number of rotatable bonds is 7. The molecule has 2 rings (SSSR count). The summed E-state index contributed by atoms with van der Waals surface area (Å²) in [7, 11) is -1.11. The average molecular weight is 290 g/mol. The van der Waals surface area contributed by atoms with Crippen molar-refractivity contribution in [3.8, 4) is 0 Å². The van der Waals surface area contributed by atoms with Gasteiger partial charge in [0.2, 0.25) is 0 Å². The first-order valence-corrected chi connectivity index (χ1v) is 11.2. The van der Waals surface area contributed by atoms with Crippen LogP contribution in [0.15, 0.2) is 24.3 Å². The number of aromatic nitrogens is 3. The third-order valence-corrected chi connectivity index (χ3v) is 4.68. The van der Waals surface area contributed by atoms with E-state index in [9.17, 15) is 0 Å². The highest BCUT2D eigenvalue weighted by atomic mass is 28.3. The van der Waals surface area contributed by atoms with Gasteiger partial charge in [-0.1, -0.05) is 50.3 Å². The summed E-state index contributed by atoms with van der Waals surface area (Å²) in [5.41, 5.74) is 2.11. The van der Waals surface area contributed by atoms with Crippen molar-refractivity contribution >= 4 is 19.1 Å². The van der Waals surface area contributed by atoms with Crippen molar-refractivity contribution in [1.82, 2.24) is 19.9 Å². The van der Waals surface area contributed by atoms with Crippen molar-refractivity contribution in [3.05, 3.63) is 24.3 Å². The fourth-order valence-electron chi connectivity index (χ4n) is 2.46. The molecule has 0 saturated carbocycles. The van der Waals surface area contributed by atoms with Gasteiger partial charge in [0.05, 0.1) is 20.3 Å². The van der Waals surface area contributed by atoms with Gasteiger partial charge in [0.15, 0.2) is 0 Å². The second kappa shape index (κ2) is 6.50. The Morgan fingerprint density at radius 3 is 2.65 bits per heavy atom. The fourth-order valence-corrected chi connectivity index (χ4v) is 4.06. The van der Waals surface area contributed by atoms with Crippen molar-refractivity contribution in [2.24, 2.45) is 0 Å². The van der Waals surface area contributed by atoms with E-state index >= 15 is 0 Å². The molecule has 4 nitrogen and oxygen atoms in total. The first kappa shape index (κ1) is 15.2. The minimum absolute atomic E-state index is 0.852. The zero-order valence-electron chi connectivity index (χ0n) is 13.1. The zero-order chi connectivity index (χ0) is 14.6. The summed E-state index contributed by atoms with van der Waals surface area (Å²) in [4.78, 5) is 2.54. The van der Waals surface area contributed by atoms with E-state index in [4.69, 9.17) is 0 Å². The molecule has 0 N–H and O–H groups in total. The normalized spacial score (nSPS) is 12.4. The third-order valence-electron chi connectivity index (χ3n) is 3.28. The molecule has 0 unspecified atom stereocenters. The van der Waals surface area contributed by atoms with Crippen molar-refractivity contribution < 1.29 is 0 Å². The summed E-state index contributed by atoms with van der Waals surface area (Å²) in [6, 6.07) is 8.19. The molecule has 0 atom stereocenters. The van der Waals surface area contributed by atoms with Crippen LogP contribution in [0.2, 0.25) is 19.6 Å². The topological polar surface area (TPSA) is 34.0 Å². The molecule has 1 aromatic carbocycles. The highest BCUT2D eigenvalue weighted by molar-refractivity contribution is 6.76. The van der Waals surface area contributed by atoms with Crippen LogP contribution in [-0.4, -0.2) is 40.7 Å². The summed E-state index contributed by atoms with van der Waals surface area (Å²) in [6.07, 6.45) is 3.69. The molecule has 0 fully saturated rings. The Morgan fingerprint density at radius 2 is 1.95 bits per heavy atom. The van der Waals surface area contributed by atoms with Gasteiger partial charge in [-0.05, 0) is 31.3 Å². The van der Waals surface area contributed by atoms with Gasteiger partial charge in [-0.3, -0.25) is 4.90 Å². The van der Waals surface area contributed by atoms with Crippen molar-refractivity contribution in [2.45, 2.75) is 46.1 Å². The lowest BCUT2D eigenvalue weighted by Crippen LogP contribution is -2.41. The fraction of sp³-hybridized carbons (Fsp3) is 0.600. The maximum atomic E-state index is 4.31. The third kappa shape index (κ3) is 4.15. The van der Waals surface area contributed by atoms with E-state index in [1.807, 2.05) is 16.8 Å². The van der Waals surface area contributed by atoms with Gasteiger partial charge < -0.3 is 0 Å². The largest absolute Gasteiger partial charge is 0.287 e. The highest BCUT2D eigenvalue weighted by Crippen LogP contribution is 2.12. The lowest BCUT2D eigenvalue weighted by atomic mass is 10.3. The molecule has 0 spiro atoms. The molecule has 0 bridgehead atoms. The molecular weight excluding hydrogens is 264 g/mol. The lowest BCUT2D eigenvalue weighted by molar-refractivity contribution is 0.235. The summed E-state index contributed by atoms with van der Waals surface area (Å²) in [5.74, 6) is 0. The standard InChI is InChI=1S/C15H26N4Si/c1-5-6-11-18(13-20(2,3)4)12-19-15-10-8-7-9-14(15)16-17-19/h7-10H,5-6,11-13H2,1-4H3. The Hall–Kier alpha value is -1.20. The van der Waals surface area contributed by atoms with Gasteiger partial charge in [-0.2, -0.15) is 0 Å². The number of benzene rings is 1. The Bertz CT molecular complexity index is 544. The van der Waals surface area contributed by atoms with Crippen molar-refractivity contribution in [3.63, 3.8) is 0 Å². The van der Waals surface area contributed by atoms with E-state index in [1.165, 1.54) is 19.0 Å². The first-order valence-electron chi connectivity index (χ1n) is 7.50. The first-order chi connectivity index (χ1) is 9.49. The van der Waals surface area contributed by atoms with Crippen LogP contribution in [0.5, 0.6) is 0 Å². The van der Waals surface area contributed by atoms with Crippen molar-refractivity contribution in [2.75, 3.05) is 12.7 Å². The number of fused-ring (bicyclic) bond motifs is 1. The average Bonchev–Trinajstić information content (AvgIpc) is 2.78. The number of para-hydroxylation sites is 1. The smallest absolute Gasteiger partial charge is 0.113 e. The zero-order valence-corrected chi connectivity index (χ0v) is 14.1. The summed E-state index contributed by atoms with van der Waals surface area (Å²) in [6.45, 7) is 11.5. The molecule has 0 aliphatic heterocycles. The van der Waals surface area contributed by atoms with E-state index in [1.54, 1.807) is 0 Å². The van der Waals surface area contributed by atoms with Crippen LogP contribution < -0.4 is 0 Å². The van der Waals surface area contributed by atoms with Gasteiger partial charge in [0.25, 0.3) is 0 Å². The van der Waals surface area contributed by atoms with Crippen LogP contribution >= 0.6 is 0 Å². The molecule has 2 aromatic rings. The number of nitrogens with zero attached hydrogens (tertiary/aromatic N) is 4. The molecular formula is C15H26N4Si. The second-order valence-corrected chi connectivity index (χ2v) is 12.1. The molecule has 1 aromatic heterocycles. The minimum Gasteiger partial charge on any atom is -0.287 e. The van der Waals surface area contributed by atoms with Gasteiger partial charge in [-0.25, -0.2) is 4.68 Å². The molecule has 0 aliphatic carbocycles. The monoisotopic (exact) mass is 290 g/mol. The van der Waals surface area contributed by atoms with E-state index in [-0.39, 0.29) is 0 Å². The van der Waals surface area contributed by atoms with Crippen LogP contribution in [0.3, 0.4) is 0 Å². The number of hydrogen-bond acceptors (Lipinski definition) is 3. The summed E-state index contributed by atoms with van der Waals surface area (Å²) in [5, 5.41) is 8.56. The molecule has 0 radical (unpaired) electrons. The van der Waals surface area contributed by atoms with E-state index < -0.39 is 8.07 Å². The maximum absolute atomic E-state index is 4.31.